The lowest BCUT2D eigenvalue weighted by atomic mass is 9.55. The van der Waals surface area contributed by atoms with Gasteiger partial charge >= 0.3 is 0 Å². The number of rotatable bonds is 19. The number of carbonyl (C=O) groups is 1. The number of aliphatic hydroxyl groups is 2. The summed E-state index contributed by atoms with van der Waals surface area (Å²) in [6, 6.07) is 15.7. The van der Waals surface area contributed by atoms with Crippen molar-refractivity contribution >= 4 is 23.4 Å². The number of aliphatic hydroxyl groups excluding tert-OH is 2. The molecule has 0 radical (unpaired) electrons. The van der Waals surface area contributed by atoms with E-state index in [9.17, 15) is 25.4 Å². The Morgan fingerprint density at radius 2 is 1.77 bits per heavy atom. The smallest absolute Gasteiger partial charge is 0.269 e. The minimum atomic E-state index is -1.55. The summed E-state index contributed by atoms with van der Waals surface area (Å²) in [5.74, 6) is -1.13. The molecule has 3 aromatic carbocycles. The second-order valence-corrected chi connectivity index (χ2v) is 17.0. The van der Waals surface area contributed by atoms with Crippen LogP contribution in [0.3, 0.4) is 0 Å². The van der Waals surface area contributed by atoms with Crippen LogP contribution in [0.5, 0.6) is 23.0 Å². The van der Waals surface area contributed by atoms with Crippen LogP contribution in [0.25, 0.3) is 6.08 Å². The van der Waals surface area contributed by atoms with Crippen molar-refractivity contribution in [2.45, 2.75) is 94.8 Å². The zero-order chi connectivity index (χ0) is 44.6. The topological polar surface area (TPSA) is 192 Å². The molecule has 15 nitrogen and oxygen atoms in total. The quantitative estimate of drug-likeness (QED) is 0.0347. The molecule has 340 valence electrons. The predicted octanol–water partition coefficient (Wildman–Crippen LogP) is 7.93. The number of nitro benzene ring substituents is 1. The summed E-state index contributed by atoms with van der Waals surface area (Å²) in [6.07, 6.45) is 13.4. The highest BCUT2D eigenvalue weighted by molar-refractivity contribution is 6.03. The first-order valence-corrected chi connectivity index (χ1v) is 22.4. The first-order valence-electron chi connectivity index (χ1n) is 22.4. The lowest BCUT2D eigenvalue weighted by Crippen LogP contribution is -2.70. The van der Waals surface area contributed by atoms with Gasteiger partial charge in [-0.25, -0.2) is 0 Å². The Morgan fingerprint density at radius 3 is 2.52 bits per heavy atom. The van der Waals surface area contributed by atoms with E-state index >= 15 is 4.79 Å². The van der Waals surface area contributed by atoms with Crippen molar-refractivity contribution in [3.63, 3.8) is 0 Å². The summed E-state index contributed by atoms with van der Waals surface area (Å²) >= 11 is 0. The molecule has 3 aliphatic heterocycles. The van der Waals surface area contributed by atoms with Gasteiger partial charge in [-0.05, 0) is 116 Å². The number of carbonyl (C=O) groups excluding carboxylic acids is 1. The number of non-ortho nitro benzene ring substituents is 1. The van der Waals surface area contributed by atoms with E-state index in [4.69, 9.17) is 33.7 Å². The number of allylic oxidation sites excluding steroid dienone is 1. The summed E-state index contributed by atoms with van der Waals surface area (Å²) in [6.45, 7) is 4.92. The van der Waals surface area contributed by atoms with Crippen LogP contribution in [0, 0.1) is 27.9 Å². The third-order valence-electron chi connectivity index (χ3n) is 13.0. The average molecular weight is 880 g/mol. The van der Waals surface area contributed by atoms with Crippen molar-refractivity contribution in [2.24, 2.45) is 22.9 Å². The van der Waals surface area contributed by atoms with Crippen molar-refractivity contribution in [1.82, 2.24) is 4.90 Å². The van der Waals surface area contributed by atoms with Gasteiger partial charge in [-0.3, -0.25) is 14.9 Å². The fourth-order valence-corrected chi connectivity index (χ4v) is 10.1. The van der Waals surface area contributed by atoms with E-state index in [-0.39, 0.29) is 74.7 Å². The van der Waals surface area contributed by atoms with Crippen molar-refractivity contribution in [3.05, 3.63) is 118 Å². The summed E-state index contributed by atoms with van der Waals surface area (Å²) in [4.78, 5) is 34.1. The van der Waals surface area contributed by atoms with Gasteiger partial charge in [-0.15, -0.1) is 6.58 Å². The monoisotopic (exact) mass is 879 g/mol. The van der Waals surface area contributed by atoms with E-state index < -0.39 is 29.0 Å². The van der Waals surface area contributed by atoms with Gasteiger partial charge in [-0.1, -0.05) is 36.2 Å². The van der Waals surface area contributed by atoms with Crippen molar-refractivity contribution in [3.8, 4) is 23.0 Å². The highest BCUT2D eigenvalue weighted by atomic mass is 16.8. The summed E-state index contributed by atoms with van der Waals surface area (Å²) < 4.78 is 31.7. The largest absolute Gasteiger partial charge is 0.508 e. The number of unbranched alkanes of at least 4 members (excludes halogenated alkanes) is 2. The van der Waals surface area contributed by atoms with Crippen LogP contribution in [0.15, 0.2) is 96.2 Å². The Hall–Kier alpha value is -5.74. The van der Waals surface area contributed by atoms with E-state index in [1.165, 1.54) is 18.2 Å². The molecule has 3 heterocycles. The van der Waals surface area contributed by atoms with Gasteiger partial charge in [-0.2, -0.15) is 0 Å². The number of hydrogen-bond acceptors (Lipinski definition) is 13. The third kappa shape index (κ3) is 9.53. The normalized spacial score (nSPS) is 26.1. The molecule has 0 bridgehead atoms. The van der Waals surface area contributed by atoms with Crippen LogP contribution in [-0.2, 0) is 25.7 Å². The van der Waals surface area contributed by atoms with Gasteiger partial charge < -0.3 is 48.7 Å². The van der Waals surface area contributed by atoms with Crippen LogP contribution < -0.4 is 14.2 Å². The van der Waals surface area contributed by atoms with Crippen LogP contribution in [0.2, 0.25) is 0 Å². The Morgan fingerprint density at radius 1 is 0.984 bits per heavy atom. The van der Waals surface area contributed by atoms with E-state index in [2.05, 4.69) is 12.7 Å². The van der Waals surface area contributed by atoms with Gasteiger partial charge in [0, 0.05) is 62.3 Å². The second kappa shape index (κ2) is 20.4. The lowest BCUT2D eigenvalue weighted by Gasteiger charge is -2.60. The van der Waals surface area contributed by atoms with E-state index in [0.29, 0.717) is 54.4 Å². The zero-order valence-corrected chi connectivity index (χ0v) is 35.9. The maximum Gasteiger partial charge on any atom is 0.269 e. The maximum absolute atomic E-state index is 15.2. The van der Waals surface area contributed by atoms with E-state index in [1.807, 2.05) is 18.2 Å². The number of nitrogens with zero attached hydrogens (tertiary/aromatic N) is 3. The van der Waals surface area contributed by atoms with Gasteiger partial charge in [0.15, 0.2) is 11.5 Å². The molecule has 0 spiro atoms. The molecule has 1 unspecified atom stereocenters. The van der Waals surface area contributed by atoms with E-state index in [1.54, 1.807) is 47.4 Å². The molecule has 1 saturated carbocycles. The molecule has 2 aliphatic carbocycles. The van der Waals surface area contributed by atoms with Crippen LogP contribution in [0.1, 0.15) is 86.8 Å². The number of phenolic OH excluding ortho intramolecular Hbond substituents is 1. The fourth-order valence-electron chi connectivity index (χ4n) is 10.1. The summed E-state index contributed by atoms with van der Waals surface area (Å²) in [7, 11) is 0. The number of benzene rings is 3. The van der Waals surface area contributed by atoms with Crippen LogP contribution in [0.4, 0.5) is 5.69 Å². The molecular weight excluding hydrogens is 823 g/mol. The molecule has 3 N–H and O–H groups in total. The van der Waals surface area contributed by atoms with Gasteiger partial charge in [0.2, 0.25) is 24.8 Å². The molecule has 15 heteroatoms. The third-order valence-corrected chi connectivity index (χ3v) is 13.0. The average Bonchev–Trinajstić information content (AvgIpc) is 3.79. The summed E-state index contributed by atoms with van der Waals surface area (Å²) in [5, 5.41) is 47.2. The molecular formula is C49H57N3O12. The van der Waals surface area contributed by atoms with Crippen molar-refractivity contribution in [2.75, 3.05) is 33.2 Å². The van der Waals surface area contributed by atoms with Gasteiger partial charge in [0.25, 0.3) is 5.69 Å². The lowest BCUT2D eigenvalue weighted by molar-refractivity contribution is -0.384. The Balaban J connectivity index is 1.32. The zero-order valence-electron chi connectivity index (χ0n) is 35.9. The number of nitro groups is 1. The number of oxime groups is 1. The molecule has 2 fully saturated rings. The Kier molecular flexibility index (Phi) is 14.3. The Labute approximate surface area is 372 Å². The standard InChI is InChI=1S/C49H57N3O12/c1-2-24-62-49-44(51(30-33-14-19-42-43(26-33)61-31-60-42)45(56)21-15-32-12-16-35(17-13-32)52(57)58)29-40(50-64-46-11-5-8-25-59-46)38-27-34(9-3-6-22-53)37(10-4-7-23-54)47(48(38)49)39-28-36(55)18-20-41(39)63-49/h2,12-21,26-28,34,37,44,46-48,53-55H,1,3-11,22-25,29-31H2/t34-,37+,44-,46?,47+,48+,49+/m0/s1. The molecule has 64 heavy (non-hydrogen) atoms. The predicted molar refractivity (Wildman–Crippen MR) is 237 cm³/mol. The minimum Gasteiger partial charge on any atom is -0.508 e. The molecule has 8 rings (SSSR count). The van der Waals surface area contributed by atoms with Crippen molar-refractivity contribution in [1.29, 1.82) is 0 Å². The SMILES string of the molecule is C=CCO[C@@]12Oc3ccc(O)cc3[C@H]3[C@H](CCCCO)[C@@H](CCCCO)C=C(C(=NOC4CCCCO4)C[C@@H]1N(Cc1ccc4c(c1)OCO4)C(=O)C=Cc1ccc([N+](=O)[O-])cc1)[C@H]32. The number of amides is 1. The highest BCUT2D eigenvalue weighted by Gasteiger charge is 2.65. The van der Waals surface area contributed by atoms with Crippen LogP contribution >= 0.6 is 0 Å². The number of fused-ring (bicyclic) bond motifs is 3. The number of hydrogen-bond donors (Lipinski definition) is 3. The number of ether oxygens (including phenoxy) is 5. The second-order valence-electron chi connectivity index (χ2n) is 17.0. The first-order chi connectivity index (χ1) is 31.2. The van der Waals surface area contributed by atoms with Crippen molar-refractivity contribution < 1.29 is 53.6 Å². The molecule has 3 aromatic rings. The minimum absolute atomic E-state index is 0.00979. The summed E-state index contributed by atoms with van der Waals surface area (Å²) in [5.41, 5.74) is 3.55. The highest BCUT2D eigenvalue weighted by Crippen LogP contribution is 2.62. The first kappa shape index (κ1) is 44.9. The van der Waals surface area contributed by atoms with E-state index in [0.717, 1.165) is 55.2 Å². The van der Waals surface area contributed by atoms with Gasteiger partial charge in [0.05, 0.1) is 29.8 Å². The fraction of sp³-hybridized carbons (Fsp3) is 0.469. The maximum atomic E-state index is 15.2. The number of aromatic hydroxyl groups is 1. The van der Waals surface area contributed by atoms with Crippen LogP contribution in [-0.4, -0.2) is 88.1 Å². The molecule has 0 aromatic heterocycles. The van der Waals surface area contributed by atoms with Gasteiger partial charge in [0.1, 0.15) is 17.5 Å². The molecule has 1 saturated heterocycles. The molecule has 5 aliphatic rings. The molecule has 7 atom stereocenters. The molecule has 1 amide bonds. The Bertz CT molecular complexity index is 2240. The number of phenols is 1.